The quantitative estimate of drug-likeness (QED) is 0.877. The van der Waals surface area contributed by atoms with Gasteiger partial charge in [0.15, 0.2) is 0 Å². The minimum absolute atomic E-state index is 0.118. The second kappa shape index (κ2) is 7.30. The summed E-state index contributed by atoms with van der Waals surface area (Å²) in [5.41, 5.74) is 2.35. The number of likely N-dealkylation sites (N-methyl/N-ethyl adjacent to an activating group) is 1. The van der Waals surface area contributed by atoms with Crippen LogP contribution in [0.5, 0.6) is 0 Å². The molecule has 1 aromatic rings. The lowest BCUT2D eigenvalue weighted by molar-refractivity contribution is 0.470. The first-order valence-corrected chi connectivity index (χ1v) is 8.35. The lowest BCUT2D eigenvalue weighted by Gasteiger charge is -2.31. The Morgan fingerprint density at radius 1 is 1.42 bits per heavy atom. The lowest BCUT2D eigenvalue weighted by Crippen LogP contribution is -2.41. The first-order valence-electron chi connectivity index (χ1n) is 7.30. The average molecular weight is 281 g/mol. The van der Waals surface area contributed by atoms with Gasteiger partial charge in [-0.2, -0.15) is 11.8 Å². The molecule has 1 N–H and O–H groups in total. The standard InChI is InChI=1S/C16H24FNS/c1-3-18-15(16-6-4-5-9-19-16)11-13-10-14(17)8-7-12(13)2/h7-8,10,15-16,18H,3-6,9,11H2,1-2H3. The molecule has 1 heterocycles. The topological polar surface area (TPSA) is 12.0 Å². The Morgan fingerprint density at radius 2 is 2.26 bits per heavy atom. The molecule has 0 bridgehead atoms. The summed E-state index contributed by atoms with van der Waals surface area (Å²) < 4.78 is 13.4. The van der Waals surface area contributed by atoms with E-state index < -0.39 is 0 Å². The van der Waals surface area contributed by atoms with Gasteiger partial charge in [0.05, 0.1) is 0 Å². The van der Waals surface area contributed by atoms with Crippen molar-refractivity contribution in [3.63, 3.8) is 0 Å². The Hall–Kier alpha value is -0.540. The van der Waals surface area contributed by atoms with Crippen LogP contribution in [0.15, 0.2) is 18.2 Å². The van der Waals surface area contributed by atoms with E-state index in [-0.39, 0.29) is 5.82 Å². The zero-order chi connectivity index (χ0) is 13.7. The molecule has 0 aliphatic carbocycles. The molecule has 1 fully saturated rings. The van der Waals surface area contributed by atoms with Crippen molar-refractivity contribution < 1.29 is 4.39 Å². The minimum Gasteiger partial charge on any atom is -0.313 e. The van der Waals surface area contributed by atoms with Crippen LogP contribution in [-0.4, -0.2) is 23.6 Å². The van der Waals surface area contributed by atoms with Crippen LogP contribution in [0.2, 0.25) is 0 Å². The Bertz CT molecular complexity index is 402. The number of hydrogen-bond acceptors (Lipinski definition) is 2. The first-order chi connectivity index (χ1) is 9.20. The van der Waals surface area contributed by atoms with Crippen LogP contribution in [0.3, 0.4) is 0 Å². The van der Waals surface area contributed by atoms with Crippen LogP contribution in [-0.2, 0) is 6.42 Å². The van der Waals surface area contributed by atoms with Gasteiger partial charge in [0.1, 0.15) is 5.82 Å². The van der Waals surface area contributed by atoms with Crippen LogP contribution < -0.4 is 5.32 Å². The summed E-state index contributed by atoms with van der Waals surface area (Å²) in [6, 6.07) is 5.61. The number of halogens is 1. The van der Waals surface area contributed by atoms with E-state index in [0.717, 1.165) is 18.5 Å². The summed E-state index contributed by atoms with van der Waals surface area (Å²) in [5, 5.41) is 4.28. The number of aryl methyl sites for hydroxylation is 1. The van der Waals surface area contributed by atoms with Gasteiger partial charge in [0.25, 0.3) is 0 Å². The van der Waals surface area contributed by atoms with E-state index in [0.29, 0.717) is 11.3 Å². The summed E-state index contributed by atoms with van der Waals surface area (Å²) in [6.07, 6.45) is 4.91. The zero-order valence-corrected chi connectivity index (χ0v) is 12.7. The van der Waals surface area contributed by atoms with Crippen molar-refractivity contribution in [2.24, 2.45) is 0 Å². The molecule has 3 heteroatoms. The Balaban J connectivity index is 2.08. The summed E-state index contributed by atoms with van der Waals surface area (Å²) in [5.74, 6) is 1.15. The van der Waals surface area contributed by atoms with Crippen molar-refractivity contribution in [3.8, 4) is 0 Å². The molecule has 1 aliphatic rings. The molecule has 0 radical (unpaired) electrons. The fourth-order valence-corrected chi connectivity index (χ4v) is 4.21. The number of thioether (sulfide) groups is 1. The molecule has 0 amide bonds. The molecule has 0 aromatic heterocycles. The third-order valence-corrected chi connectivity index (χ3v) is 5.40. The van der Waals surface area contributed by atoms with Crippen molar-refractivity contribution in [2.75, 3.05) is 12.3 Å². The number of benzene rings is 1. The van der Waals surface area contributed by atoms with E-state index in [1.54, 1.807) is 12.1 Å². The smallest absolute Gasteiger partial charge is 0.123 e. The molecule has 0 saturated carbocycles. The van der Waals surface area contributed by atoms with Gasteiger partial charge in [-0.3, -0.25) is 0 Å². The highest BCUT2D eigenvalue weighted by molar-refractivity contribution is 8.00. The molecular weight excluding hydrogens is 257 g/mol. The molecule has 2 unspecified atom stereocenters. The molecule has 1 saturated heterocycles. The SMILES string of the molecule is CCNC(Cc1cc(F)ccc1C)C1CCCCS1. The molecule has 0 spiro atoms. The second-order valence-corrected chi connectivity index (χ2v) is 6.69. The van der Waals surface area contributed by atoms with Crippen molar-refractivity contribution in [1.82, 2.24) is 5.32 Å². The first kappa shape index (κ1) is 14.9. The number of nitrogens with one attached hydrogen (secondary N) is 1. The highest BCUT2D eigenvalue weighted by Crippen LogP contribution is 2.29. The molecule has 1 aliphatic heterocycles. The van der Waals surface area contributed by atoms with Gasteiger partial charge in [-0.1, -0.05) is 19.4 Å². The van der Waals surface area contributed by atoms with Gasteiger partial charge in [-0.25, -0.2) is 4.39 Å². The molecule has 2 atom stereocenters. The van der Waals surface area contributed by atoms with Gasteiger partial charge in [-0.05, 0) is 61.7 Å². The van der Waals surface area contributed by atoms with Crippen LogP contribution in [0.1, 0.15) is 37.3 Å². The molecule has 19 heavy (non-hydrogen) atoms. The lowest BCUT2D eigenvalue weighted by atomic mass is 9.96. The van der Waals surface area contributed by atoms with Crippen molar-refractivity contribution in [1.29, 1.82) is 0 Å². The van der Waals surface area contributed by atoms with E-state index in [4.69, 9.17) is 0 Å². The molecule has 1 nitrogen and oxygen atoms in total. The average Bonchev–Trinajstić information content (AvgIpc) is 2.43. The van der Waals surface area contributed by atoms with Crippen molar-refractivity contribution in [3.05, 3.63) is 35.1 Å². The predicted molar refractivity (Wildman–Crippen MR) is 82.4 cm³/mol. The van der Waals surface area contributed by atoms with Gasteiger partial charge < -0.3 is 5.32 Å². The van der Waals surface area contributed by atoms with Gasteiger partial charge in [0, 0.05) is 11.3 Å². The maximum atomic E-state index is 13.4. The zero-order valence-electron chi connectivity index (χ0n) is 11.9. The minimum atomic E-state index is -0.118. The van der Waals surface area contributed by atoms with Crippen molar-refractivity contribution >= 4 is 11.8 Å². The number of rotatable bonds is 5. The van der Waals surface area contributed by atoms with Gasteiger partial charge in [-0.15, -0.1) is 0 Å². The van der Waals surface area contributed by atoms with E-state index in [9.17, 15) is 4.39 Å². The Kier molecular flexibility index (Phi) is 5.71. The van der Waals surface area contributed by atoms with E-state index in [1.165, 1.54) is 30.6 Å². The number of hydrogen-bond donors (Lipinski definition) is 1. The predicted octanol–water partition coefficient (Wildman–Crippen LogP) is 3.94. The van der Waals surface area contributed by atoms with Crippen LogP contribution in [0, 0.1) is 12.7 Å². The monoisotopic (exact) mass is 281 g/mol. The maximum Gasteiger partial charge on any atom is 0.123 e. The summed E-state index contributed by atoms with van der Waals surface area (Å²) in [6.45, 7) is 5.21. The molecule has 106 valence electrons. The molecule has 2 rings (SSSR count). The molecular formula is C16H24FNS. The van der Waals surface area contributed by atoms with Crippen molar-refractivity contribution in [2.45, 2.75) is 50.8 Å². The summed E-state index contributed by atoms with van der Waals surface area (Å²) in [4.78, 5) is 0. The molecule has 1 aromatic carbocycles. The van der Waals surface area contributed by atoms with Crippen LogP contribution in [0.4, 0.5) is 4.39 Å². The fraction of sp³-hybridized carbons (Fsp3) is 0.625. The van der Waals surface area contributed by atoms with Gasteiger partial charge in [0.2, 0.25) is 0 Å². The third kappa shape index (κ3) is 4.22. The maximum absolute atomic E-state index is 13.4. The van der Waals surface area contributed by atoms with E-state index >= 15 is 0 Å². The van der Waals surface area contributed by atoms with Crippen LogP contribution >= 0.6 is 11.8 Å². The Morgan fingerprint density at radius 3 is 2.95 bits per heavy atom. The third-order valence-electron chi connectivity index (χ3n) is 3.88. The Labute approximate surface area is 120 Å². The normalized spacial score (nSPS) is 21.3. The highest BCUT2D eigenvalue weighted by Gasteiger charge is 2.24. The largest absolute Gasteiger partial charge is 0.313 e. The summed E-state index contributed by atoms with van der Waals surface area (Å²) in [7, 11) is 0. The second-order valence-electron chi connectivity index (χ2n) is 5.34. The summed E-state index contributed by atoms with van der Waals surface area (Å²) >= 11 is 2.08. The van der Waals surface area contributed by atoms with Crippen LogP contribution in [0.25, 0.3) is 0 Å². The fourth-order valence-electron chi connectivity index (χ4n) is 2.78. The van der Waals surface area contributed by atoms with Gasteiger partial charge >= 0.3 is 0 Å². The van der Waals surface area contributed by atoms with E-state index in [1.807, 2.05) is 6.07 Å². The highest BCUT2D eigenvalue weighted by atomic mass is 32.2. The van der Waals surface area contributed by atoms with E-state index in [2.05, 4.69) is 30.9 Å².